The van der Waals surface area contributed by atoms with Crippen molar-refractivity contribution in [1.82, 2.24) is 0 Å². The topological polar surface area (TPSA) is 29.5 Å². The van der Waals surface area contributed by atoms with Gasteiger partial charge in [0, 0.05) is 0 Å². The minimum absolute atomic E-state index is 0.533. The van der Waals surface area contributed by atoms with Crippen LogP contribution in [0, 0.1) is 0 Å². The summed E-state index contributed by atoms with van der Waals surface area (Å²) in [7, 11) is 1.60. The molecule has 1 N–H and O–H groups in total. The summed E-state index contributed by atoms with van der Waals surface area (Å²) < 4.78 is 4.73. The minimum Gasteiger partial charge on any atom is -0.505 e. The Balaban J connectivity index is 3.77. The molecule has 2 nitrogen and oxygen atoms in total. The zero-order valence-corrected chi connectivity index (χ0v) is 7.63. The van der Waals surface area contributed by atoms with Crippen LogP contribution in [0.1, 0.15) is 33.1 Å². The summed E-state index contributed by atoms with van der Waals surface area (Å²) in [6, 6.07) is 0. The van der Waals surface area contributed by atoms with Gasteiger partial charge >= 0.3 is 0 Å². The Morgan fingerprint density at radius 1 is 1.36 bits per heavy atom. The third-order valence-corrected chi connectivity index (χ3v) is 2.05. The Labute approximate surface area is 68.9 Å². The van der Waals surface area contributed by atoms with Crippen LogP contribution in [0.2, 0.25) is 0 Å². The van der Waals surface area contributed by atoms with Gasteiger partial charge in [0.25, 0.3) is 0 Å². The molecule has 0 amide bonds. The van der Waals surface area contributed by atoms with Crippen LogP contribution < -0.4 is 0 Å². The molecule has 0 saturated carbocycles. The van der Waals surface area contributed by atoms with Crippen molar-refractivity contribution in [2.45, 2.75) is 38.7 Å². The van der Waals surface area contributed by atoms with Gasteiger partial charge in [0.1, 0.15) is 0 Å². The van der Waals surface area contributed by atoms with Crippen molar-refractivity contribution in [3.8, 4) is 0 Å². The van der Waals surface area contributed by atoms with Gasteiger partial charge in [-0.25, -0.2) is 0 Å². The monoisotopic (exact) mass is 158 g/mol. The van der Waals surface area contributed by atoms with Crippen LogP contribution in [-0.2, 0) is 4.74 Å². The molecule has 0 atom stereocenters. The van der Waals surface area contributed by atoms with Crippen molar-refractivity contribution in [1.29, 1.82) is 0 Å². The molecule has 0 saturated heterocycles. The first-order chi connectivity index (χ1) is 5.18. The van der Waals surface area contributed by atoms with Gasteiger partial charge in [0.05, 0.1) is 19.0 Å². The summed E-state index contributed by atoms with van der Waals surface area (Å²) in [4.78, 5) is 0. The van der Waals surface area contributed by atoms with Crippen LogP contribution in [0.3, 0.4) is 0 Å². The molecule has 0 rings (SSSR count). The average Bonchev–Trinajstić information content (AvgIpc) is 2.05. The van der Waals surface area contributed by atoms with Crippen LogP contribution in [0.5, 0.6) is 0 Å². The van der Waals surface area contributed by atoms with Crippen molar-refractivity contribution in [3.05, 3.63) is 12.3 Å². The molecule has 0 unspecified atom stereocenters. The number of hydrogen-bond donors (Lipinski definition) is 1. The van der Waals surface area contributed by atoms with E-state index < -0.39 is 5.60 Å². The second kappa shape index (κ2) is 5.19. The molecule has 0 aliphatic heterocycles. The molecule has 66 valence electrons. The number of hydrogen-bond acceptors (Lipinski definition) is 2. The number of rotatable bonds is 5. The first-order valence-electron chi connectivity index (χ1n) is 4.08. The fraction of sp³-hybridized carbons (Fsp3) is 0.778. The van der Waals surface area contributed by atoms with E-state index in [1.807, 2.05) is 19.9 Å². The van der Waals surface area contributed by atoms with E-state index in [4.69, 9.17) is 4.74 Å². The Morgan fingerprint density at radius 2 is 1.91 bits per heavy atom. The third kappa shape index (κ3) is 4.04. The van der Waals surface area contributed by atoms with Crippen molar-refractivity contribution in [3.63, 3.8) is 0 Å². The summed E-state index contributed by atoms with van der Waals surface area (Å²) in [5.41, 5.74) is -0.533. The predicted molar refractivity (Wildman–Crippen MR) is 46.3 cm³/mol. The first-order valence-corrected chi connectivity index (χ1v) is 4.08. The summed E-state index contributed by atoms with van der Waals surface area (Å²) in [6.07, 6.45) is 5.71. The Hall–Kier alpha value is -0.500. The summed E-state index contributed by atoms with van der Waals surface area (Å²) >= 11 is 0. The maximum Gasteiger partial charge on any atom is 0.0785 e. The van der Waals surface area contributed by atoms with Gasteiger partial charge in [-0.05, 0) is 25.3 Å². The lowest BCUT2D eigenvalue weighted by molar-refractivity contribution is 0.0348. The van der Waals surface area contributed by atoms with Gasteiger partial charge in [-0.1, -0.05) is 13.8 Å². The van der Waals surface area contributed by atoms with Crippen LogP contribution in [0.4, 0.5) is 0 Å². The van der Waals surface area contributed by atoms with Gasteiger partial charge in [0.15, 0.2) is 0 Å². The van der Waals surface area contributed by atoms with Crippen LogP contribution in [-0.4, -0.2) is 17.8 Å². The van der Waals surface area contributed by atoms with Crippen molar-refractivity contribution in [2.24, 2.45) is 0 Å². The minimum atomic E-state index is -0.533. The zero-order chi connectivity index (χ0) is 8.74. The number of ether oxygens (including phenoxy) is 1. The normalized spacial score (nSPS) is 12.4. The average molecular weight is 158 g/mol. The summed E-state index contributed by atoms with van der Waals surface area (Å²) in [6.45, 7) is 3.98. The van der Waals surface area contributed by atoms with E-state index in [0.717, 1.165) is 12.8 Å². The number of methoxy groups -OCH3 is 1. The van der Waals surface area contributed by atoms with Crippen molar-refractivity contribution >= 4 is 0 Å². The van der Waals surface area contributed by atoms with Gasteiger partial charge in [0.2, 0.25) is 0 Å². The lowest BCUT2D eigenvalue weighted by Gasteiger charge is -2.22. The van der Waals surface area contributed by atoms with E-state index in [0.29, 0.717) is 6.42 Å². The van der Waals surface area contributed by atoms with E-state index in [2.05, 4.69) is 0 Å². The lowest BCUT2D eigenvalue weighted by Crippen LogP contribution is -2.25. The summed E-state index contributed by atoms with van der Waals surface area (Å²) in [5.74, 6) is 0. The Kier molecular flexibility index (Phi) is 4.95. The molecule has 0 radical (unpaired) electrons. The molecule has 0 aliphatic carbocycles. The van der Waals surface area contributed by atoms with Crippen LogP contribution in [0.25, 0.3) is 0 Å². The summed E-state index contributed by atoms with van der Waals surface area (Å²) in [5, 5.41) is 9.75. The third-order valence-electron chi connectivity index (χ3n) is 2.05. The SMILES string of the molecule is CCC(O)(CC)C/C=C\OC. The standard InChI is InChI=1S/C9H18O2/c1-4-9(10,5-2)7-6-8-11-3/h6,8,10H,4-5,7H2,1-3H3/b8-6-. The maximum atomic E-state index is 9.75. The van der Waals surface area contributed by atoms with Gasteiger partial charge < -0.3 is 9.84 Å². The van der Waals surface area contributed by atoms with Crippen molar-refractivity contribution < 1.29 is 9.84 Å². The highest BCUT2D eigenvalue weighted by molar-refractivity contribution is 4.86. The molecule has 2 heteroatoms. The van der Waals surface area contributed by atoms with E-state index in [1.54, 1.807) is 13.4 Å². The Morgan fingerprint density at radius 3 is 2.27 bits per heavy atom. The van der Waals surface area contributed by atoms with E-state index in [9.17, 15) is 5.11 Å². The highest BCUT2D eigenvalue weighted by atomic mass is 16.5. The lowest BCUT2D eigenvalue weighted by atomic mass is 9.94. The second-order valence-electron chi connectivity index (χ2n) is 2.74. The quantitative estimate of drug-likeness (QED) is 0.621. The molecule has 0 fully saturated rings. The molecular formula is C9H18O2. The maximum absolute atomic E-state index is 9.75. The number of aliphatic hydroxyl groups is 1. The van der Waals surface area contributed by atoms with E-state index in [-0.39, 0.29) is 0 Å². The van der Waals surface area contributed by atoms with Gasteiger partial charge in [-0.15, -0.1) is 0 Å². The molecule has 0 aliphatic rings. The molecule has 11 heavy (non-hydrogen) atoms. The van der Waals surface area contributed by atoms with Crippen LogP contribution in [0.15, 0.2) is 12.3 Å². The molecule has 0 aromatic heterocycles. The predicted octanol–water partition coefficient (Wildman–Crippen LogP) is 2.09. The van der Waals surface area contributed by atoms with Crippen molar-refractivity contribution in [2.75, 3.05) is 7.11 Å². The highest BCUT2D eigenvalue weighted by Gasteiger charge is 2.19. The fourth-order valence-corrected chi connectivity index (χ4v) is 0.902. The highest BCUT2D eigenvalue weighted by Crippen LogP contribution is 2.19. The molecular weight excluding hydrogens is 140 g/mol. The van der Waals surface area contributed by atoms with E-state index >= 15 is 0 Å². The molecule has 0 aromatic rings. The first kappa shape index (κ1) is 10.5. The zero-order valence-electron chi connectivity index (χ0n) is 7.63. The van der Waals surface area contributed by atoms with Gasteiger partial charge in [-0.3, -0.25) is 0 Å². The Bertz CT molecular complexity index is 115. The second-order valence-corrected chi connectivity index (χ2v) is 2.74. The molecule has 0 spiro atoms. The fourth-order valence-electron chi connectivity index (χ4n) is 0.902. The molecule has 0 aromatic carbocycles. The van der Waals surface area contributed by atoms with Crippen LogP contribution >= 0.6 is 0 Å². The molecule has 0 bridgehead atoms. The smallest absolute Gasteiger partial charge is 0.0785 e. The largest absolute Gasteiger partial charge is 0.505 e. The molecule has 0 heterocycles. The van der Waals surface area contributed by atoms with E-state index in [1.165, 1.54) is 0 Å². The van der Waals surface area contributed by atoms with Gasteiger partial charge in [-0.2, -0.15) is 0 Å².